The number of aromatic nitrogens is 4. The van der Waals surface area contributed by atoms with E-state index in [2.05, 4.69) is 32.6 Å². The molecule has 2 heterocycles. The minimum Gasteiger partial charge on any atom is -0.478 e. The first-order valence-corrected chi connectivity index (χ1v) is 16.4. The van der Waals surface area contributed by atoms with Crippen LogP contribution in [0.2, 0.25) is 0 Å². The molecule has 0 aliphatic rings. The molecule has 272 valence electrons. The number of esters is 1. The highest BCUT2D eigenvalue weighted by Crippen LogP contribution is 2.32. The molecule has 6 rings (SSSR count). The van der Waals surface area contributed by atoms with Gasteiger partial charge < -0.3 is 24.7 Å². The first-order chi connectivity index (χ1) is 24.5. The molecule has 0 saturated carbocycles. The fourth-order valence-electron chi connectivity index (χ4n) is 5.03. The number of rotatable bonds is 8. The van der Waals surface area contributed by atoms with E-state index in [4.69, 9.17) is 29.8 Å². The molecule has 52 heavy (non-hydrogen) atoms. The number of carboxylic acid groups (broad SMARTS) is 1. The third-order valence-corrected chi connectivity index (χ3v) is 8.27. The summed E-state index contributed by atoms with van der Waals surface area (Å²) in [5.41, 5.74) is 6.97. The predicted octanol–water partition coefficient (Wildman–Crippen LogP) is 8.01. The van der Waals surface area contributed by atoms with Crippen molar-refractivity contribution in [2.75, 3.05) is 38.1 Å². The van der Waals surface area contributed by atoms with Crippen LogP contribution in [0.25, 0.3) is 44.6 Å². The molecule has 0 unspecified atom stereocenters. The zero-order chi connectivity index (χ0) is 37.2. The Morgan fingerprint density at radius 1 is 0.596 bits per heavy atom. The molecule has 4 aromatic carbocycles. The highest BCUT2D eigenvalue weighted by molar-refractivity contribution is 5.95. The maximum absolute atomic E-state index is 11.8. The number of benzene rings is 4. The van der Waals surface area contributed by atoms with Crippen LogP contribution < -0.4 is 9.80 Å². The van der Waals surface area contributed by atoms with Crippen LogP contribution >= 0.6 is 0 Å². The number of carboxylic acids is 1. The van der Waals surface area contributed by atoms with Gasteiger partial charge in [-0.2, -0.15) is 0 Å². The van der Waals surface area contributed by atoms with E-state index in [-0.39, 0.29) is 31.0 Å². The second kappa shape index (κ2) is 18.3. The average Bonchev–Trinajstić information content (AvgIpc) is 3.17. The normalized spacial score (nSPS) is 10.4. The Kier molecular flexibility index (Phi) is 14.3. The Labute approximate surface area is 305 Å². The van der Waals surface area contributed by atoms with Crippen LogP contribution in [0.15, 0.2) is 97.1 Å². The minimum atomic E-state index is -0.968. The molecule has 0 aliphatic carbocycles. The van der Waals surface area contributed by atoms with Crippen molar-refractivity contribution in [3.05, 3.63) is 108 Å². The number of methoxy groups -OCH3 is 1. The lowest BCUT2D eigenvalue weighted by atomic mass is 10.1. The molecule has 0 fully saturated rings. The van der Waals surface area contributed by atoms with Crippen molar-refractivity contribution in [1.82, 2.24) is 19.9 Å². The minimum absolute atomic E-state index is 0. The van der Waals surface area contributed by atoms with Gasteiger partial charge in [-0.15, -0.1) is 0 Å². The number of nitrogens with zero attached hydrogens (tertiary/aromatic N) is 6. The third kappa shape index (κ3) is 9.23. The Hall–Kier alpha value is -5.94. The smallest absolute Gasteiger partial charge is 0.337 e. The van der Waals surface area contributed by atoms with Gasteiger partial charge in [0.05, 0.1) is 40.3 Å². The molecular weight excluding hydrogens is 656 g/mol. The number of fused-ring (bicyclic) bond motifs is 2. The number of aromatic carboxylic acids is 1. The molecule has 0 atom stereocenters. The van der Waals surface area contributed by atoms with Crippen LogP contribution in [-0.2, 0) is 4.74 Å². The number of anilines is 2. The van der Waals surface area contributed by atoms with E-state index >= 15 is 0 Å². The second-order valence-electron chi connectivity index (χ2n) is 12.1. The van der Waals surface area contributed by atoms with Gasteiger partial charge in [0.1, 0.15) is 11.4 Å². The van der Waals surface area contributed by atoms with E-state index in [1.165, 1.54) is 7.11 Å². The van der Waals surface area contributed by atoms with Crippen molar-refractivity contribution in [2.45, 2.75) is 47.2 Å². The van der Waals surface area contributed by atoms with Crippen molar-refractivity contribution in [2.24, 2.45) is 0 Å². The summed E-state index contributed by atoms with van der Waals surface area (Å²) in [4.78, 5) is 46.2. The quantitative estimate of drug-likeness (QED) is 0.149. The average molecular weight is 705 g/mol. The topological polar surface area (TPSA) is 142 Å². The molecule has 0 aliphatic heterocycles. The molecule has 0 saturated heterocycles. The van der Waals surface area contributed by atoms with Gasteiger partial charge in [0.2, 0.25) is 0 Å². The number of ether oxygens (including phenoxy) is 1. The van der Waals surface area contributed by atoms with Gasteiger partial charge >= 0.3 is 11.9 Å². The molecule has 0 radical (unpaired) electrons. The summed E-state index contributed by atoms with van der Waals surface area (Å²) in [6.45, 7) is 8.36. The van der Waals surface area contributed by atoms with Gasteiger partial charge in [0, 0.05) is 44.4 Å². The summed E-state index contributed by atoms with van der Waals surface area (Å²) >= 11 is 0. The van der Waals surface area contributed by atoms with Gasteiger partial charge in [0.25, 0.3) is 0 Å². The highest BCUT2D eigenvalue weighted by Gasteiger charge is 2.19. The number of carbonyl (C=O) groups excluding carboxylic acids is 1. The van der Waals surface area contributed by atoms with Crippen molar-refractivity contribution in [3.63, 3.8) is 0 Å². The number of carbonyl (C=O) groups is 2. The Morgan fingerprint density at radius 3 is 1.35 bits per heavy atom. The lowest BCUT2D eigenvalue weighted by molar-refractivity contribution is 0.0600. The zero-order valence-corrected chi connectivity index (χ0v) is 30.2. The Bertz CT molecular complexity index is 2110. The van der Waals surface area contributed by atoms with Crippen LogP contribution in [0, 0.1) is 0 Å². The van der Waals surface area contributed by atoms with E-state index in [1.54, 1.807) is 36.4 Å². The molecule has 11 heteroatoms. The van der Waals surface area contributed by atoms with E-state index in [0.717, 1.165) is 46.8 Å². The predicted molar refractivity (Wildman–Crippen MR) is 210 cm³/mol. The van der Waals surface area contributed by atoms with Crippen molar-refractivity contribution >= 4 is 45.6 Å². The maximum atomic E-state index is 11.8. The van der Waals surface area contributed by atoms with E-state index in [1.807, 2.05) is 79.7 Å². The monoisotopic (exact) mass is 704 g/mol. The first kappa shape index (κ1) is 40.5. The molecule has 11 nitrogen and oxygen atoms in total. The van der Waals surface area contributed by atoms with Gasteiger partial charge in [-0.05, 0) is 64.1 Å². The van der Waals surface area contributed by atoms with Crippen molar-refractivity contribution < 1.29 is 24.5 Å². The molecule has 2 aromatic heterocycles. The summed E-state index contributed by atoms with van der Waals surface area (Å²) in [5.74, 6) is 0.182. The number of hydrogen-bond acceptors (Lipinski definition) is 10. The second-order valence-corrected chi connectivity index (χ2v) is 12.1. The standard InChI is InChI=1S/C20H21N3O2.C19H19N3O2.CH4O.CH4/c1-13(2)23(3)19-18(14-8-6-5-7-9-14)21-16-11-10-15(20(24)25-4)12-17(16)22-19;1-12(2)22(3)18-17(13-7-5-4-6-8-13)20-15-10-9-14(19(23)24)11-16(15)21-18;1-2;/h5-13H,1-4H3;4-12H,1-3H3,(H,23,24);2H,1H3;1H4. The SMILES string of the molecule is C.CC(C)N(C)c1nc2cc(C(=O)O)ccc2nc1-c1ccccc1.CO.COC(=O)c1ccc2nc(-c3ccccc3)c(N(C)C(C)C)nc2c1. The largest absolute Gasteiger partial charge is 0.478 e. The molecule has 2 N–H and O–H groups in total. The van der Waals surface area contributed by atoms with Crippen LogP contribution in [-0.4, -0.2) is 82.5 Å². The third-order valence-electron chi connectivity index (χ3n) is 8.27. The van der Waals surface area contributed by atoms with E-state index in [9.17, 15) is 14.7 Å². The van der Waals surface area contributed by atoms with Crippen LogP contribution in [0.5, 0.6) is 0 Å². The number of aliphatic hydroxyl groups is 1. The molecule has 0 amide bonds. The van der Waals surface area contributed by atoms with Crippen molar-refractivity contribution in [1.29, 1.82) is 0 Å². The van der Waals surface area contributed by atoms with Gasteiger partial charge in [-0.1, -0.05) is 68.1 Å². The van der Waals surface area contributed by atoms with E-state index in [0.29, 0.717) is 22.1 Å². The van der Waals surface area contributed by atoms with Crippen LogP contribution in [0.1, 0.15) is 55.8 Å². The summed E-state index contributed by atoms with van der Waals surface area (Å²) in [5, 5.41) is 16.2. The fraction of sp³-hybridized carbons (Fsp3) is 0.268. The molecular formula is C41H48N6O5. The number of hydrogen-bond donors (Lipinski definition) is 2. The molecule has 0 spiro atoms. The Balaban J connectivity index is 0.000000263. The lowest BCUT2D eigenvalue weighted by Gasteiger charge is -2.25. The summed E-state index contributed by atoms with van der Waals surface area (Å²) < 4.78 is 4.80. The summed E-state index contributed by atoms with van der Waals surface area (Å²) in [7, 11) is 6.33. The van der Waals surface area contributed by atoms with Crippen LogP contribution in [0.4, 0.5) is 11.6 Å². The number of aliphatic hydroxyl groups excluding tert-OH is 1. The lowest BCUT2D eigenvalue weighted by Crippen LogP contribution is -2.27. The first-order valence-electron chi connectivity index (χ1n) is 16.4. The molecule has 6 aromatic rings. The highest BCUT2D eigenvalue weighted by atomic mass is 16.5. The van der Waals surface area contributed by atoms with Gasteiger partial charge in [0.15, 0.2) is 11.6 Å². The zero-order valence-electron chi connectivity index (χ0n) is 30.2. The van der Waals surface area contributed by atoms with Gasteiger partial charge in [-0.25, -0.2) is 29.5 Å². The maximum Gasteiger partial charge on any atom is 0.337 e. The molecule has 0 bridgehead atoms. The fourth-order valence-corrected chi connectivity index (χ4v) is 5.03. The Morgan fingerprint density at radius 2 is 0.981 bits per heavy atom. The van der Waals surface area contributed by atoms with Gasteiger partial charge in [-0.3, -0.25) is 0 Å². The summed E-state index contributed by atoms with van der Waals surface area (Å²) in [6.07, 6.45) is 0. The van der Waals surface area contributed by atoms with Crippen molar-refractivity contribution in [3.8, 4) is 22.5 Å². The summed E-state index contributed by atoms with van der Waals surface area (Å²) in [6, 6.07) is 30.5. The van der Waals surface area contributed by atoms with Crippen LogP contribution in [0.3, 0.4) is 0 Å². The van der Waals surface area contributed by atoms with E-state index < -0.39 is 5.97 Å².